The number of amides is 1. The number of guanidine groups is 1. The molecule has 1 aliphatic rings. The quantitative estimate of drug-likeness (QED) is 0.592. The van der Waals surface area contributed by atoms with Crippen LogP contribution in [0.3, 0.4) is 0 Å². The van der Waals surface area contributed by atoms with E-state index < -0.39 is 21.5 Å². The third-order valence-electron chi connectivity index (χ3n) is 4.77. The summed E-state index contributed by atoms with van der Waals surface area (Å²) in [6, 6.07) is 10.6. The van der Waals surface area contributed by atoms with E-state index in [1.165, 1.54) is 42.3 Å². The van der Waals surface area contributed by atoms with Crippen molar-refractivity contribution in [2.75, 3.05) is 12.8 Å². The molecule has 7 nitrogen and oxygen atoms in total. The summed E-state index contributed by atoms with van der Waals surface area (Å²) >= 11 is 3.15. The Kier molecular flexibility index (Phi) is 6.19. The van der Waals surface area contributed by atoms with E-state index in [-0.39, 0.29) is 34.3 Å². The van der Waals surface area contributed by atoms with Crippen LogP contribution in [0.1, 0.15) is 24.5 Å². The van der Waals surface area contributed by atoms with E-state index in [1.54, 1.807) is 19.1 Å². The van der Waals surface area contributed by atoms with Crippen molar-refractivity contribution in [3.05, 3.63) is 63.9 Å². The number of carbonyl (C=O) groups is 1. The maximum Gasteiger partial charge on any atom is 0.309 e. The Labute approximate surface area is 183 Å². The molecule has 3 rings (SSSR count). The van der Waals surface area contributed by atoms with Crippen molar-refractivity contribution in [1.82, 2.24) is 4.90 Å². The summed E-state index contributed by atoms with van der Waals surface area (Å²) in [6.07, 6.45) is 0.599. The van der Waals surface area contributed by atoms with Crippen LogP contribution in [0.5, 0.6) is 5.75 Å². The molecule has 2 N–H and O–H groups in total. The molecule has 1 aliphatic heterocycles. The van der Waals surface area contributed by atoms with Crippen molar-refractivity contribution in [2.45, 2.75) is 25.3 Å². The molecule has 0 aromatic heterocycles. The van der Waals surface area contributed by atoms with Crippen LogP contribution in [0.4, 0.5) is 4.39 Å². The minimum atomic E-state index is -3.65. The molecular formula is C20H21BrFN3O4S. The summed E-state index contributed by atoms with van der Waals surface area (Å²) < 4.78 is 42.7. The number of hydrogen-bond acceptors (Lipinski definition) is 6. The minimum Gasteiger partial charge on any atom is -0.382 e. The standard InChI is InChI=1S/C20H21BrFN3O4S/c1-3-10-30(27,28)29-15-7-4-13(5-8-15)12-20(18(26)25(2)19(23)24-20)14-6-9-17(22)16(21)11-14/h4-9,11H,3,10,12H2,1-2H3,(H2,23,24). The van der Waals surface area contributed by atoms with Gasteiger partial charge >= 0.3 is 10.1 Å². The summed E-state index contributed by atoms with van der Waals surface area (Å²) in [7, 11) is -2.12. The third kappa shape index (κ3) is 4.34. The Bertz CT molecular complexity index is 1110. The van der Waals surface area contributed by atoms with Gasteiger partial charge < -0.3 is 9.92 Å². The number of halogens is 2. The zero-order valence-corrected chi connectivity index (χ0v) is 18.8. The van der Waals surface area contributed by atoms with E-state index in [0.29, 0.717) is 17.5 Å². The molecule has 0 saturated carbocycles. The second-order valence-electron chi connectivity index (χ2n) is 6.99. The summed E-state index contributed by atoms with van der Waals surface area (Å²) in [5.74, 6) is -0.634. The third-order valence-corrected chi connectivity index (χ3v) is 6.73. The molecule has 0 saturated heterocycles. The highest BCUT2D eigenvalue weighted by atomic mass is 79.9. The van der Waals surface area contributed by atoms with Gasteiger partial charge in [-0.25, -0.2) is 9.38 Å². The maximum atomic E-state index is 13.8. The molecule has 0 aliphatic carbocycles. The largest absolute Gasteiger partial charge is 0.382 e. The van der Waals surface area contributed by atoms with Gasteiger partial charge in [-0.2, -0.15) is 8.42 Å². The van der Waals surface area contributed by atoms with Crippen LogP contribution < -0.4 is 9.92 Å². The van der Waals surface area contributed by atoms with Crippen LogP contribution in [-0.2, 0) is 26.9 Å². The fraction of sp³-hybridized carbons (Fsp3) is 0.300. The van der Waals surface area contributed by atoms with Gasteiger partial charge in [-0.05, 0) is 57.7 Å². The minimum absolute atomic E-state index is 0.0612. The smallest absolute Gasteiger partial charge is 0.309 e. The van der Waals surface area contributed by atoms with Gasteiger partial charge in [-0.3, -0.25) is 9.69 Å². The van der Waals surface area contributed by atoms with Crippen molar-refractivity contribution < 1.29 is 21.8 Å². The van der Waals surface area contributed by atoms with Gasteiger partial charge in [0.2, 0.25) is 0 Å². The second kappa shape index (κ2) is 8.35. The average Bonchev–Trinajstić information content (AvgIpc) is 2.90. The monoisotopic (exact) mass is 497 g/mol. The molecule has 1 amide bonds. The number of likely N-dealkylation sites (N-methyl/N-ethyl adjacent to an activating group) is 1. The number of benzene rings is 2. The molecule has 1 unspecified atom stereocenters. The first-order chi connectivity index (χ1) is 14.1. The summed E-state index contributed by atoms with van der Waals surface area (Å²) in [5, 5.41) is 0. The lowest BCUT2D eigenvalue weighted by Gasteiger charge is -2.26. The summed E-state index contributed by atoms with van der Waals surface area (Å²) in [6.45, 7) is 1.75. The van der Waals surface area contributed by atoms with Crippen molar-refractivity contribution >= 4 is 37.9 Å². The molecule has 0 radical (unpaired) electrons. The molecule has 1 atom stereocenters. The van der Waals surface area contributed by atoms with Gasteiger partial charge in [0, 0.05) is 13.5 Å². The summed E-state index contributed by atoms with van der Waals surface area (Å²) in [5.41, 5.74) is 5.74. The predicted octanol–water partition coefficient (Wildman–Crippen LogP) is 2.93. The number of nitrogens with zero attached hydrogens (tertiary/aromatic N) is 2. The summed E-state index contributed by atoms with van der Waals surface area (Å²) in [4.78, 5) is 18.8. The van der Waals surface area contributed by atoms with Crippen LogP contribution in [0.2, 0.25) is 0 Å². The van der Waals surface area contributed by atoms with Crippen molar-refractivity contribution in [2.24, 2.45) is 10.7 Å². The number of carbonyl (C=O) groups excluding carboxylic acids is 1. The topological polar surface area (TPSA) is 102 Å². The molecule has 160 valence electrons. The number of rotatable bonds is 7. The lowest BCUT2D eigenvalue weighted by atomic mass is 9.84. The average molecular weight is 498 g/mol. The van der Waals surface area contributed by atoms with Gasteiger partial charge in [0.25, 0.3) is 5.91 Å². The van der Waals surface area contributed by atoms with Gasteiger partial charge in [0.15, 0.2) is 11.5 Å². The first kappa shape index (κ1) is 22.2. The Morgan fingerprint density at radius 3 is 2.43 bits per heavy atom. The van der Waals surface area contributed by atoms with Crippen LogP contribution in [0.25, 0.3) is 0 Å². The normalized spacial score (nSPS) is 19.1. The van der Waals surface area contributed by atoms with Crippen molar-refractivity contribution in [3.63, 3.8) is 0 Å². The zero-order valence-electron chi connectivity index (χ0n) is 16.4. The maximum absolute atomic E-state index is 13.8. The molecule has 0 fully saturated rings. The van der Waals surface area contributed by atoms with Crippen LogP contribution in [0, 0.1) is 5.82 Å². The first-order valence-corrected chi connectivity index (χ1v) is 11.5. The molecular weight excluding hydrogens is 477 g/mol. The van der Waals surface area contributed by atoms with E-state index in [4.69, 9.17) is 9.92 Å². The van der Waals surface area contributed by atoms with Gasteiger partial charge in [-0.15, -0.1) is 0 Å². The fourth-order valence-electron chi connectivity index (χ4n) is 3.26. The van der Waals surface area contributed by atoms with Gasteiger partial charge in [-0.1, -0.05) is 25.1 Å². The predicted molar refractivity (Wildman–Crippen MR) is 115 cm³/mol. The molecule has 0 bridgehead atoms. The molecule has 2 aromatic carbocycles. The second-order valence-corrected chi connectivity index (χ2v) is 9.53. The lowest BCUT2D eigenvalue weighted by Crippen LogP contribution is -2.41. The van der Waals surface area contributed by atoms with E-state index in [1.807, 2.05) is 0 Å². The van der Waals surface area contributed by atoms with E-state index >= 15 is 0 Å². The van der Waals surface area contributed by atoms with E-state index in [9.17, 15) is 17.6 Å². The Hall–Kier alpha value is -2.46. The lowest BCUT2D eigenvalue weighted by molar-refractivity contribution is -0.130. The molecule has 10 heteroatoms. The number of nitrogens with two attached hydrogens (primary N) is 1. The Balaban J connectivity index is 1.95. The first-order valence-electron chi connectivity index (χ1n) is 9.18. The highest BCUT2D eigenvalue weighted by Gasteiger charge is 2.48. The fourth-order valence-corrected chi connectivity index (χ4v) is 4.62. The molecule has 30 heavy (non-hydrogen) atoms. The van der Waals surface area contributed by atoms with Gasteiger partial charge in [0.05, 0.1) is 10.2 Å². The highest BCUT2D eigenvalue weighted by Crippen LogP contribution is 2.37. The Morgan fingerprint density at radius 1 is 1.23 bits per heavy atom. The van der Waals surface area contributed by atoms with Crippen molar-refractivity contribution in [3.8, 4) is 5.75 Å². The SMILES string of the molecule is CCCS(=O)(=O)Oc1ccc(CC2(c3ccc(F)c(Br)c3)N=C(N)N(C)C2=O)cc1. The van der Waals surface area contributed by atoms with E-state index in [0.717, 1.165) is 0 Å². The van der Waals surface area contributed by atoms with Crippen molar-refractivity contribution in [1.29, 1.82) is 0 Å². The number of hydrogen-bond donors (Lipinski definition) is 1. The molecule has 2 aromatic rings. The van der Waals surface area contributed by atoms with E-state index in [2.05, 4.69) is 20.9 Å². The highest BCUT2D eigenvalue weighted by molar-refractivity contribution is 9.10. The molecule has 0 spiro atoms. The zero-order chi connectivity index (χ0) is 22.1. The van der Waals surface area contributed by atoms with Crippen LogP contribution in [-0.4, -0.2) is 38.0 Å². The number of aliphatic imine (C=N–C) groups is 1. The van der Waals surface area contributed by atoms with Crippen LogP contribution >= 0.6 is 15.9 Å². The van der Waals surface area contributed by atoms with Crippen LogP contribution in [0.15, 0.2) is 51.9 Å². The van der Waals surface area contributed by atoms with Gasteiger partial charge in [0.1, 0.15) is 11.6 Å². The Morgan fingerprint density at radius 2 is 1.90 bits per heavy atom. The molecule has 1 heterocycles.